The quantitative estimate of drug-likeness (QED) is 0.884. The number of methoxy groups -OCH3 is 1. The third kappa shape index (κ3) is 2.84. The molecule has 1 aromatic heterocycles. The fraction of sp³-hybridized carbons (Fsp3) is 0.500. The van der Waals surface area contributed by atoms with Crippen molar-refractivity contribution in [2.24, 2.45) is 5.73 Å². The molecular formula is C16H21N3O2. The van der Waals surface area contributed by atoms with Crippen LogP contribution in [0.4, 0.5) is 0 Å². The molecule has 0 bridgehead atoms. The molecule has 0 aliphatic heterocycles. The summed E-state index contributed by atoms with van der Waals surface area (Å²) in [4.78, 5) is 4.46. The van der Waals surface area contributed by atoms with E-state index < -0.39 is 0 Å². The number of rotatable bonds is 6. The molecule has 21 heavy (non-hydrogen) atoms. The Morgan fingerprint density at radius 1 is 1.33 bits per heavy atom. The van der Waals surface area contributed by atoms with Crippen molar-refractivity contribution in [3.63, 3.8) is 0 Å². The van der Waals surface area contributed by atoms with Crippen molar-refractivity contribution >= 4 is 0 Å². The first-order chi connectivity index (χ1) is 10.2. The third-order valence-corrected chi connectivity index (χ3v) is 4.31. The monoisotopic (exact) mass is 287 g/mol. The fourth-order valence-corrected chi connectivity index (χ4v) is 2.68. The molecule has 1 fully saturated rings. The summed E-state index contributed by atoms with van der Waals surface area (Å²) in [5.41, 5.74) is 7.08. The van der Waals surface area contributed by atoms with Crippen LogP contribution >= 0.6 is 0 Å². The van der Waals surface area contributed by atoms with Gasteiger partial charge in [0, 0.05) is 7.11 Å². The van der Waals surface area contributed by atoms with Crippen LogP contribution in [-0.4, -0.2) is 17.3 Å². The van der Waals surface area contributed by atoms with Gasteiger partial charge in [-0.3, -0.25) is 0 Å². The standard InChI is InChI=1S/C16H21N3O2/c1-20-16(10-5-11-16)15-18-14(21-19-15)13(17)9-8-12-6-3-2-4-7-12/h2-4,6-7,13H,5,8-11,17H2,1H3/t13-/m0/s1. The lowest BCUT2D eigenvalue weighted by atomic mass is 9.79. The van der Waals surface area contributed by atoms with Crippen LogP contribution in [-0.2, 0) is 16.8 Å². The SMILES string of the molecule is COC1(c2noc([C@@H](N)CCc3ccccc3)n2)CCC1. The van der Waals surface area contributed by atoms with E-state index in [0.29, 0.717) is 11.7 Å². The van der Waals surface area contributed by atoms with Gasteiger partial charge in [-0.15, -0.1) is 0 Å². The van der Waals surface area contributed by atoms with E-state index >= 15 is 0 Å². The Morgan fingerprint density at radius 3 is 2.71 bits per heavy atom. The van der Waals surface area contributed by atoms with E-state index in [1.165, 1.54) is 5.56 Å². The smallest absolute Gasteiger partial charge is 0.243 e. The van der Waals surface area contributed by atoms with Crippen molar-refractivity contribution in [3.05, 3.63) is 47.6 Å². The molecule has 2 N–H and O–H groups in total. The first-order valence-corrected chi connectivity index (χ1v) is 7.42. The van der Waals surface area contributed by atoms with Crippen LogP contribution in [0.1, 0.15) is 49.0 Å². The van der Waals surface area contributed by atoms with E-state index in [-0.39, 0.29) is 11.6 Å². The van der Waals surface area contributed by atoms with Gasteiger partial charge in [0.05, 0.1) is 6.04 Å². The van der Waals surface area contributed by atoms with Gasteiger partial charge in [0.25, 0.3) is 0 Å². The summed E-state index contributed by atoms with van der Waals surface area (Å²) in [6, 6.07) is 10.0. The van der Waals surface area contributed by atoms with Crippen LogP contribution in [0.3, 0.4) is 0 Å². The fourth-order valence-electron chi connectivity index (χ4n) is 2.68. The van der Waals surface area contributed by atoms with Crippen molar-refractivity contribution in [2.75, 3.05) is 7.11 Å². The average molecular weight is 287 g/mol. The van der Waals surface area contributed by atoms with Gasteiger partial charge in [0.2, 0.25) is 11.7 Å². The summed E-state index contributed by atoms with van der Waals surface area (Å²) in [5.74, 6) is 1.14. The lowest BCUT2D eigenvalue weighted by Crippen LogP contribution is -2.37. The first-order valence-electron chi connectivity index (χ1n) is 7.42. The minimum absolute atomic E-state index is 0.236. The Morgan fingerprint density at radius 2 is 2.10 bits per heavy atom. The minimum Gasteiger partial charge on any atom is -0.370 e. The summed E-state index contributed by atoms with van der Waals surface area (Å²) in [6.45, 7) is 0. The van der Waals surface area contributed by atoms with Crippen LogP contribution in [0.25, 0.3) is 0 Å². The Kier molecular flexibility index (Phi) is 4.03. The molecule has 112 valence electrons. The molecule has 0 radical (unpaired) electrons. The molecule has 5 nitrogen and oxygen atoms in total. The average Bonchev–Trinajstić information content (AvgIpc) is 2.95. The van der Waals surface area contributed by atoms with E-state index in [9.17, 15) is 0 Å². The molecule has 5 heteroatoms. The van der Waals surface area contributed by atoms with Crippen LogP contribution < -0.4 is 5.73 Å². The summed E-state index contributed by atoms with van der Waals surface area (Å²) in [7, 11) is 1.70. The molecule has 2 aromatic rings. The van der Waals surface area contributed by atoms with Crippen molar-refractivity contribution in [3.8, 4) is 0 Å². The molecule has 0 saturated heterocycles. The summed E-state index contributed by atoms with van der Waals surface area (Å²) in [6.07, 6.45) is 4.71. The molecule has 1 aromatic carbocycles. The van der Waals surface area contributed by atoms with Crippen LogP contribution in [0.15, 0.2) is 34.9 Å². The number of hydrogen-bond acceptors (Lipinski definition) is 5. The Balaban J connectivity index is 1.63. The molecule has 0 spiro atoms. The molecule has 1 atom stereocenters. The first kappa shape index (κ1) is 14.2. The Hall–Kier alpha value is -1.72. The number of nitrogens with zero attached hydrogens (tertiary/aromatic N) is 2. The number of hydrogen-bond donors (Lipinski definition) is 1. The third-order valence-electron chi connectivity index (χ3n) is 4.31. The number of benzene rings is 1. The number of nitrogens with two attached hydrogens (primary N) is 1. The van der Waals surface area contributed by atoms with Gasteiger partial charge in [0.15, 0.2) is 0 Å². The van der Waals surface area contributed by atoms with Gasteiger partial charge in [0.1, 0.15) is 5.60 Å². The maximum Gasteiger partial charge on any atom is 0.243 e. The maximum atomic E-state index is 6.16. The summed E-state index contributed by atoms with van der Waals surface area (Å²) in [5, 5.41) is 4.07. The Labute approximate surface area is 124 Å². The predicted molar refractivity (Wildman–Crippen MR) is 78.5 cm³/mol. The van der Waals surface area contributed by atoms with Gasteiger partial charge >= 0.3 is 0 Å². The highest BCUT2D eigenvalue weighted by Crippen LogP contribution is 2.42. The molecule has 0 unspecified atom stereocenters. The minimum atomic E-state index is -0.346. The predicted octanol–water partition coefficient (Wildman–Crippen LogP) is 2.73. The van der Waals surface area contributed by atoms with E-state index in [0.717, 1.165) is 32.1 Å². The highest BCUT2D eigenvalue weighted by atomic mass is 16.5. The van der Waals surface area contributed by atoms with Gasteiger partial charge in [-0.25, -0.2) is 0 Å². The molecule has 1 heterocycles. The molecule has 3 rings (SSSR count). The van der Waals surface area contributed by atoms with Crippen LogP contribution in [0.5, 0.6) is 0 Å². The Bertz CT molecular complexity index is 573. The zero-order valence-corrected chi connectivity index (χ0v) is 12.3. The maximum absolute atomic E-state index is 6.16. The normalized spacial score (nSPS) is 18.2. The second-order valence-corrected chi connectivity index (χ2v) is 5.64. The van der Waals surface area contributed by atoms with Gasteiger partial charge in [-0.1, -0.05) is 35.5 Å². The zero-order valence-electron chi connectivity index (χ0n) is 12.3. The molecule has 1 aliphatic carbocycles. The highest BCUT2D eigenvalue weighted by molar-refractivity contribution is 5.15. The topological polar surface area (TPSA) is 74.2 Å². The lowest BCUT2D eigenvalue weighted by molar-refractivity contribution is -0.0858. The van der Waals surface area contributed by atoms with Crippen LogP contribution in [0.2, 0.25) is 0 Å². The van der Waals surface area contributed by atoms with Gasteiger partial charge in [-0.05, 0) is 37.7 Å². The molecular weight excluding hydrogens is 266 g/mol. The van der Waals surface area contributed by atoms with Crippen LogP contribution in [0, 0.1) is 0 Å². The second-order valence-electron chi connectivity index (χ2n) is 5.64. The van der Waals surface area contributed by atoms with Gasteiger partial charge in [-0.2, -0.15) is 4.98 Å². The molecule has 0 amide bonds. The zero-order chi connectivity index (χ0) is 14.7. The van der Waals surface area contributed by atoms with Gasteiger partial charge < -0.3 is 15.0 Å². The number of aryl methyl sites for hydroxylation is 1. The lowest BCUT2D eigenvalue weighted by Gasteiger charge is -2.37. The van der Waals surface area contributed by atoms with E-state index in [2.05, 4.69) is 22.3 Å². The van der Waals surface area contributed by atoms with Crippen molar-refractivity contribution in [2.45, 2.75) is 43.7 Å². The van der Waals surface area contributed by atoms with Crippen molar-refractivity contribution < 1.29 is 9.26 Å². The molecule has 1 saturated carbocycles. The second kappa shape index (κ2) is 5.95. The number of ether oxygens (including phenoxy) is 1. The molecule has 1 aliphatic rings. The number of aromatic nitrogens is 2. The van der Waals surface area contributed by atoms with E-state index in [4.69, 9.17) is 15.0 Å². The van der Waals surface area contributed by atoms with Crippen molar-refractivity contribution in [1.29, 1.82) is 0 Å². The van der Waals surface area contributed by atoms with Crippen molar-refractivity contribution in [1.82, 2.24) is 10.1 Å². The summed E-state index contributed by atoms with van der Waals surface area (Å²) >= 11 is 0. The summed E-state index contributed by atoms with van der Waals surface area (Å²) < 4.78 is 10.9. The highest BCUT2D eigenvalue weighted by Gasteiger charge is 2.43. The van der Waals surface area contributed by atoms with E-state index in [1.54, 1.807) is 7.11 Å². The van der Waals surface area contributed by atoms with E-state index in [1.807, 2.05) is 18.2 Å². The largest absolute Gasteiger partial charge is 0.370 e.